The molecule has 1 N–H and O–H groups in total. The van der Waals surface area contributed by atoms with Crippen LogP contribution in [0.5, 0.6) is 0 Å². The van der Waals surface area contributed by atoms with Crippen LogP contribution in [0.2, 0.25) is 5.02 Å². The number of thioether (sulfide) groups is 1. The molecule has 0 radical (unpaired) electrons. The van der Waals surface area contributed by atoms with E-state index in [4.69, 9.17) is 11.6 Å². The fourth-order valence-corrected chi connectivity index (χ4v) is 3.37. The Morgan fingerprint density at radius 3 is 3.05 bits per heavy atom. The minimum Gasteiger partial charge on any atom is -0.379 e. The van der Waals surface area contributed by atoms with Crippen LogP contribution in [0.15, 0.2) is 11.0 Å². The van der Waals surface area contributed by atoms with Crippen molar-refractivity contribution < 1.29 is 0 Å². The summed E-state index contributed by atoms with van der Waals surface area (Å²) in [5.74, 6) is 2.27. The Kier molecular flexibility index (Phi) is 5.74. The number of nitrogens with zero attached hydrogens (tertiary/aromatic N) is 3. The predicted octanol–water partition coefficient (Wildman–Crippen LogP) is 1.77. The summed E-state index contributed by atoms with van der Waals surface area (Å²) in [4.78, 5) is 14.2. The first-order valence-electron chi connectivity index (χ1n) is 6.82. The van der Waals surface area contributed by atoms with Gasteiger partial charge in [-0.25, -0.2) is 4.68 Å². The molecule has 1 saturated heterocycles. The molecule has 0 bridgehead atoms. The molecule has 5 nitrogen and oxygen atoms in total. The van der Waals surface area contributed by atoms with Crippen LogP contribution in [-0.2, 0) is 6.54 Å². The van der Waals surface area contributed by atoms with Gasteiger partial charge in [-0.2, -0.15) is 16.9 Å². The zero-order chi connectivity index (χ0) is 14.5. The molecule has 0 aromatic carbocycles. The molecular weight excluding hydrogens is 296 g/mol. The fourth-order valence-electron chi connectivity index (χ4n) is 2.09. The first-order chi connectivity index (χ1) is 9.58. The zero-order valence-electron chi connectivity index (χ0n) is 11.9. The molecule has 0 spiro atoms. The van der Waals surface area contributed by atoms with Gasteiger partial charge < -0.3 is 10.2 Å². The maximum Gasteiger partial charge on any atom is 0.287 e. The second-order valence-corrected chi connectivity index (χ2v) is 6.79. The number of hydrogen-bond acceptors (Lipinski definition) is 5. The van der Waals surface area contributed by atoms with Crippen molar-refractivity contribution in [2.24, 2.45) is 0 Å². The lowest BCUT2D eigenvalue weighted by atomic mass is 10.2. The molecule has 0 amide bonds. The Morgan fingerprint density at radius 1 is 1.60 bits per heavy atom. The Hall–Kier alpha value is -0.720. The van der Waals surface area contributed by atoms with E-state index in [1.54, 1.807) is 6.20 Å². The van der Waals surface area contributed by atoms with E-state index in [9.17, 15) is 4.79 Å². The van der Waals surface area contributed by atoms with Crippen molar-refractivity contribution in [1.29, 1.82) is 0 Å². The van der Waals surface area contributed by atoms with Gasteiger partial charge in [0.2, 0.25) is 0 Å². The molecule has 1 fully saturated rings. The Balaban J connectivity index is 2.07. The number of likely N-dealkylation sites (N-methyl/N-ethyl adjacent to an activating group) is 1. The van der Waals surface area contributed by atoms with E-state index >= 15 is 0 Å². The molecule has 1 atom stereocenters. The van der Waals surface area contributed by atoms with Gasteiger partial charge in [0.05, 0.1) is 18.4 Å². The standard InChI is InChI=1S/C13H21ClN4OS/c1-17(2)5-6-18-13(19)12(14)11(8-15-18)16-10-4-3-7-20-9-10/h8,10,16H,3-7,9H2,1-2H3. The van der Waals surface area contributed by atoms with Crippen molar-refractivity contribution >= 4 is 29.1 Å². The van der Waals surface area contributed by atoms with Gasteiger partial charge in [0, 0.05) is 18.3 Å². The molecule has 1 aliphatic rings. The van der Waals surface area contributed by atoms with Crippen molar-refractivity contribution in [2.75, 3.05) is 37.5 Å². The predicted molar refractivity (Wildman–Crippen MR) is 86.0 cm³/mol. The SMILES string of the molecule is CN(C)CCn1ncc(NC2CCCSC2)c(Cl)c1=O. The van der Waals surface area contributed by atoms with E-state index in [0.29, 0.717) is 18.3 Å². The number of rotatable bonds is 5. The third-order valence-electron chi connectivity index (χ3n) is 3.26. The third kappa shape index (κ3) is 4.14. The normalized spacial score (nSPS) is 19.3. The number of aromatic nitrogens is 2. The van der Waals surface area contributed by atoms with E-state index in [1.807, 2.05) is 30.8 Å². The molecular formula is C13H21ClN4OS. The van der Waals surface area contributed by atoms with E-state index in [-0.39, 0.29) is 10.6 Å². The largest absolute Gasteiger partial charge is 0.379 e. The molecule has 20 heavy (non-hydrogen) atoms. The second kappa shape index (κ2) is 7.33. The molecule has 7 heteroatoms. The lowest BCUT2D eigenvalue weighted by Crippen LogP contribution is -2.31. The van der Waals surface area contributed by atoms with E-state index in [0.717, 1.165) is 18.7 Å². The van der Waals surface area contributed by atoms with Crippen LogP contribution in [0.25, 0.3) is 0 Å². The van der Waals surface area contributed by atoms with Gasteiger partial charge in [-0.1, -0.05) is 11.6 Å². The first kappa shape index (κ1) is 15.7. The minimum absolute atomic E-state index is 0.220. The van der Waals surface area contributed by atoms with Crippen molar-refractivity contribution in [2.45, 2.75) is 25.4 Å². The van der Waals surface area contributed by atoms with Crippen LogP contribution in [0.3, 0.4) is 0 Å². The third-order valence-corrected chi connectivity index (χ3v) is 4.84. The molecule has 0 saturated carbocycles. The van der Waals surface area contributed by atoms with Crippen molar-refractivity contribution in [1.82, 2.24) is 14.7 Å². The quantitative estimate of drug-likeness (QED) is 0.897. The first-order valence-corrected chi connectivity index (χ1v) is 8.36. The maximum atomic E-state index is 12.1. The van der Waals surface area contributed by atoms with Crippen molar-refractivity contribution in [3.8, 4) is 0 Å². The number of nitrogens with one attached hydrogen (secondary N) is 1. The molecule has 0 aliphatic carbocycles. The molecule has 112 valence electrons. The van der Waals surface area contributed by atoms with Crippen LogP contribution < -0.4 is 10.9 Å². The number of hydrogen-bond donors (Lipinski definition) is 1. The summed E-state index contributed by atoms with van der Waals surface area (Å²) in [6.45, 7) is 1.31. The van der Waals surface area contributed by atoms with Gasteiger partial charge in [0.1, 0.15) is 5.02 Å². The summed E-state index contributed by atoms with van der Waals surface area (Å²) in [5.41, 5.74) is 0.437. The van der Waals surface area contributed by atoms with Gasteiger partial charge in [-0.05, 0) is 32.7 Å². The van der Waals surface area contributed by atoms with Crippen molar-refractivity contribution in [3.63, 3.8) is 0 Å². The fraction of sp³-hybridized carbons (Fsp3) is 0.692. The summed E-state index contributed by atoms with van der Waals surface area (Å²) in [5, 5.41) is 7.79. The van der Waals surface area contributed by atoms with Gasteiger partial charge in [0.15, 0.2) is 0 Å². The van der Waals surface area contributed by atoms with Crippen LogP contribution in [-0.4, -0.2) is 52.9 Å². The van der Waals surface area contributed by atoms with E-state index in [2.05, 4.69) is 10.4 Å². The highest BCUT2D eigenvalue weighted by Gasteiger charge is 2.16. The van der Waals surface area contributed by atoms with Crippen LogP contribution in [0.1, 0.15) is 12.8 Å². The summed E-state index contributed by atoms with van der Waals surface area (Å²) in [6, 6.07) is 0.380. The van der Waals surface area contributed by atoms with E-state index < -0.39 is 0 Å². The van der Waals surface area contributed by atoms with Crippen LogP contribution in [0.4, 0.5) is 5.69 Å². The number of anilines is 1. The van der Waals surface area contributed by atoms with Crippen LogP contribution in [0, 0.1) is 0 Å². The summed E-state index contributed by atoms with van der Waals surface area (Å²) in [6.07, 6.45) is 3.99. The summed E-state index contributed by atoms with van der Waals surface area (Å²) >= 11 is 8.11. The van der Waals surface area contributed by atoms with Gasteiger partial charge in [-0.3, -0.25) is 4.79 Å². The average Bonchev–Trinajstić information content (AvgIpc) is 2.44. The molecule has 1 aliphatic heterocycles. The maximum absolute atomic E-state index is 12.1. The highest BCUT2D eigenvalue weighted by molar-refractivity contribution is 7.99. The molecule has 1 unspecified atom stereocenters. The van der Waals surface area contributed by atoms with Crippen LogP contribution >= 0.6 is 23.4 Å². The lowest BCUT2D eigenvalue weighted by Gasteiger charge is -2.23. The number of halogens is 1. The Bertz CT molecular complexity index is 500. The van der Waals surface area contributed by atoms with Crippen molar-refractivity contribution in [3.05, 3.63) is 21.6 Å². The zero-order valence-corrected chi connectivity index (χ0v) is 13.5. The molecule has 1 aromatic rings. The minimum atomic E-state index is -0.220. The monoisotopic (exact) mass is 316 g/mol. The van der Waals surface area contributed by atoms with E-state index in [1.165, 1.54) is 16.9 Å². The average molecular weight is 317 g/mol. The molecule has 2 rings (SSSR count). The molecule has 1 aromatic heterocycles. The molecule has 2 heterocycles. The Labute approximate surface area is 128 Å². The lowest BCUT2D eigenvalue weighted by molar-refractivity contribution is 0.367. The van der Waals surface area contributed by atoms with Gasteiger partial charge >= 0.3 is 0 Å². The highest BCUT2D eigenvalue weighted by atomic mass is 35.5. The summed E-state index contributed by atoms with van der Waals surface area (Å²) < 4.78 is 1.42. The topological polar surface area (TPSA) is 50.2 Å². The second-order valence-electron chi connectivity index (χ2n) is 5.26. The highest BCUT2D eigenvalue weighted by Crippen LogP contribution is 2.23. The summed E-state index contributed by atoms with van der Waals surface area (Å²) in [7, 11) is 3.92. The smallest absolute Gasteiger partial charge is 0.287 e. The van der Waals surface area contributed by atoms with Gasteiger partial charge in [0.25, 0.3) is 5.56 Å². The Morgan fingerprint density at radius 2 is 2.40 bits per heavy atom. The van der Waals surface area contributed by atoms with Gasteiger partial charge in [-0.15, -0.1) is 0 Å².